The molecule has 2 aromatic rings. The van der Waals surface area contributed by atoms with Crippen molar-refractivity contribution in [2.24, 2.45) is 5.73 Å². The number of nitrogens with two attached hydrogens (primary N) is 1. The first kappa shape index (κ1) is 11.5. The average Bonchev–Trinajstić information content (AvgIpc) is 2.87. The molecule has 0 atom stereocenters. The molecule has 0 saturated heterocycles. The second kappa shape index (κ2) is 4.88. The van der Waals surface area contributed by atoms with Crippen LogP contribution in [0.1, 0.15) is 5.69 Å². The van der Waals surface area contributed by atoms with Crippen molar-refractivity contribution in [3.8, 4) is 5.75 Å². The smallest absolute Gasteiger partial charge is 0.301 e. The van der Waals surface area contributed by atoms with Crippen LogP contribution in [0.4, 0.5) is 11.7 Å². The summed E-state index contributed by atoms with van der Waals surface area (Å²) in [5.41, 5.74) is 7.19. The Kier molecular flexibility index (Phi) is 3.30. The average molecular weight is 233 g/mol. The van der Waals surface area contributed by atoms with Gasteiger partial charge in [-0.3, -0.25) is 4.90 Å². The van der Waals surface area contributed by atoms with Gasteiger partial charge < -0.3 is 14.9 Å². The monoisotopic (exact) mass is 233 g/mol. The Hall–Kier alpha value is -2.01. The molecule has 1 heterocycles. The van der Waals surface area contributed by atoms with Crippen LogP contribution in [0.15, 0.2) is 34.9 Å². The molecule has 2 rings (SSSR count). The highest BCUT2D eigenvalue weighted by Gasteiger charge is 2.10. The minimum absolute atomic E-state index is 0.375. The molecule has 5 nitrogen and oxygen atoms in total. The van der Waals surface area contributed by atoms with E-state index in [0.717, 1.165) is 17.1 Å². The molecular weight excluding hydrogens is 218 g/mol. The van der Waals surface area contributed by atoms with Crippen molar-refractivity contribution in [1.82, 2.24) is 4.98 Å². The molecule has 90 valence electrons. The fourth-order valence-electron chi connectivity index (χ4n) is 1.46. The van der Waals surface area contributed by atoms with E-state index in [4.69, 9.17) is 14.9 Å². The maximum absolute atomic E-state index is 5.48. The molecule has 0 amide bonds. The highest BCUT2D eigenvalue weighted by Crippen LogP contribution is 2.24. The van der Waals surface area contributed by atoms with Gasteiger partial charge >= 0.3 is 6.01 Å². The minimum atomic E-state index is 0.375. The highest BCUT2D eigenvalue weighted by molar-refractivity contribution is 5.56. The van der Waals surface area contributed by atoms with E-state index in [1.807, 2.05) is 36.2 Å². The summed E-state index contributed by atoms with van der Waals surface area (Å²) >= 11 is 0. The zero-order chi connectivity index (χ0) is 12.3. The van der Waals surface area contributed by atoms with Gasteiger partial charge in [0.05, 0.1) is 12.8 Å². The lowest BCUT2D eigenvalue weighted by molar-refractivity contribution is 0.415. The first-order valence-corrected chi connectivity index (χ1v) is 5.27. The van der Waals surface area contributed by atoms with Crippen molar-refractivity contribution in [2.75, 3.05) is 19.1 Å². The Labute approximate surface area is 99.8 Å². The SMILES string of the molecule is COc1ccc(N(C)c2nc(CN)co2)cc1. The summed E-state index contributed by atoms with van der Waals surface area (Å²) in [6, 6.07) is 8.17. The van der Waals surface area contributed by atoms with Crippen LogP contribution in [0.25, 0.3) is 0 Å². The van der Waals surface area contributed by atoms with E-state index in [1.54, 1.807) is 13.4 Å². The first-order valence-electron chi connectivity index (χ1n) is 5.27. The summed E-state index contributed by atoms with van der Waals surface area (Å²) in [5, 5.41) is 0. The Morgan fingerprint density at radius 2 is 2.06 bits per heavy atom. The van der Waals surface area contributed by atoms with Crippen LogP contribution < -0.4 is 15.4 Å². The van der Waals surface area contributed by atoms with Crippen LogP contribution >= 0.6 is 0 Å². The van der Waals surface area contributed by atoms with E-state index in [9.17, 15) is 0 Å². The van der Waals surface area contributed by atoms with Gasteiger partial charge in [-0.2, -0.15) is 4.98 Å². The molecule has 0 saturated carbocycles. The quantitative estimate of drug-likeness (QED) is 0.873. The molecular formula is C12H15N3O2. The third-order valence-corrected chi connectivity index (χ3v) is 2.50. The van der Waals surface area contributed by atoms with Crippen LogP contribution in [-0.2, 0) is 6.54 Å². The van der Waals surface area contributed by atoms with Crippen LogP contribution in [0, 0.1) is 0 Å². The molecule has 0 aliphatic carbocycles. The predicted octanol–water partition coefficient (Wildman–Crippen LogP) is 1.91. The van der Waals surface area contributed by atoms with Crippen molar-refractivity contribution in [1.29, 1.82) is 0 Å². The second-order valence-corrected chi connectivity index (χ2v) is 3.58. The first-order chi connectivity index (χ1) is 8.24. The predicted molar refractivity (Wildman–Crippen MR) is 65.5 cm³/mol. The zero-order valence-corrected chi connectivity index (χ0v) is 9.88. The summed E-state index contributed by atoms with van der Waals surface area (Å²) in [4.78, 5) is 6.10. The van der Waals surface area contributed by atoms with Gasteiger partial charge in [-0.15, -0.1) is 0 Å². The molecule has 5 heteroatoms. The van der Waals surface area contributed by atoms with Gasteiger partial charge in [0.15, 0.2) is 0 Å². The topological polar surface area (TPSA) is 64.5 Å². The number of anilines is 2. The van der Waals surface area contributed by atoms with Crippen LogP contribution in [0.3, 0.4) is 0 Å². The van der Waals surface area contributed by atoms with Crippen molar-refractivity contribution >= 4 is 11.7 Å². The summed E-state index contributed by atoms with van der Waals surface area (Å²) < 4.78 is 10.4. The molecule has 0 aliphatic rings. The Morgan fingerprint density at radius 3 is 2.59 bits per heavy atom. The number of aromatic nitrogens is 1. The number of hydrogen-bond donors (Lipinski definition) is 1. The number of ether oxygens (including phenoxy) is 1. The van der Waals surface area contributed by atoms with Gasteiger partial charge in [-0.05, 0) is 24.3 Å². The van der Waals surface area contributed by atoms with E-state index in [0.29, 0.717) is 12.6 Å². The van der Waals surface area contributed by atoms with Gasteiger partial charge in [0.25, 0.3) is 0 Å². The summed E-state index contributed by atoms with van der Waals surface area (Å²) in [5.74, 6) is 0.817. The van der Waals surface area contributed by atoms with Crippen molar-refractivity contribution in [3.63, 3.8) is 0 Å². The normalized spacial score (nSPS) is 10.3. The number of hydrogen-bond acceptors (Lipinski definition) is 5. The van der Waals surface area contributed by atoms with Gasteiger partial charge in [-0.25, -0.2) is 0 Å². The van der Waals surface area contributed by atoms with E-state index in [2.05, 4.69) is 4.98 Å². The number of benzene rings is 1. The number of oxazole rings is 1. The summed E-state index contributed by atoms with van der Waals surface area (Å²) in [6.45, 7) is 0.375. The molecule has 17 heavy (non-hydrogen) atoms. The molecule has 0 radical (unpaired) electrons. The van der Waals surface area contributed by atoms with E-state index >= 15 is 0 Å². The molecule has 1 aromatic heterocycles. The third kappa shape index (κ3) is 2.39. The lowest BCUT2D eigenvalue weighted by Gasteiger charge is -2.14. The Morgan fingerprint density at radius 1 is 1.35 bits per heavy atom. The van der Waals surface area contributed by atoms with Crippen LogP contribution in [-0.4, -0.2) is 19.1 Å². The largest absolute Gasteiger partial charge is 0.497 e. The summed E-state index contributed by atoms with van der Waals surface area (Å²) in [7, 11) is 3.52. The fraction of sp³-hybridized carbons (Fsp3) is 0.250. The number of rotatable bonds is 4. The zero-order valence-electron chi connectivity index (χ0n) is 9.88. The Balaban J connectivity index is 2.20. The van der Waals surface area contributed by atoms with E-state index < -0.39 is 0 Å². The van der Waals surface area contributed by atoms with Crippen molar-refractivity contribution in [2.45, 2.75) is 6.54 Å². The van der Waals surface area contributed by atoms with Gasteiger partial charge in [0.1, 0.15) is 12.0 Å². The van der Waals surface area contributed by atoms with Crippen molar-refractivity contribution in [3.05, 3.63) is 36.2 Å². The summed E-state index contributed by atoms with van der Waals surface area (Å²) in [6.07, 6.45) is 1.56. The maximum atomic E-state index is 5.48. The molecule has 0 spiro atoms. The molecule has 1 aromatic carbocycles. The van der Waals surface area contributed by atoms with E-state index in [-0.39, 0.29) is 0 Å². The maximum Gasteiger partial charge on any atom is 0.301 e. The minimum Gasteiger partial charge on any atom is -0.497 e. The molecule has 2 N–H and O–H groups in total. The molecule has 0 bridgehead atoms. The lowest BCUT2D eigenvalue weighted by atomic mass is 10.3. The molecule has 0 fully saturated rings. The van der Waals surface area contributed by atoms with Crippen molar-refractivity contribution < 1.29 is 9.15 Å². The van der Waals surface area contributed by atoms with Gasteiger partial charge in [-0.1, -0.05) is 0 Å². The number of methoxy groups -OCH3 is 1. The fourth-order valence-corrected chi connectivity index (χ4v) is 1.46. The highest BCUT2D eigenvalue weighted by atomic mass is 16.5. The molecule has 0 aliphatic heterocycles. The number of nitrogens with zero attached hydrogens (tertiary/aromatic N) is 2. The Bertz CT molecular complexity index is 479. The molecule has 0 unspecified atom stereocenters. The third-order valence-electron chi connectivity index (χ3n) is 2.50. The lowest BCUT2D eigenvalue weighted by Crippen LogP contribution is -2.10. The second-order valence-electron chi connectivity index (χ2n) is 3.58. The van der Waals surface area contributed by atoms with Gasteiger partial charge in [0.2, 0.25) is 0 Å². The van der Waals surface area contributed by atoms with Gasteiger partial charge in [0, 0.05) is 19.3 Å². The standard InChI is InChI=1S/C12H15N3O2/c1-15(12-14-9(7-13)8-17-12)10-3-5-11(16-2)6-4-10/h3-6,8H,7,13H2,1-2H3. The van der Waals surface area contributed by atoms with Crippen LogP contribution in [0.5, 0.6) is 5.75 Å². The van der Waals surface area contributed by atoms with E-state index in [1.165, 1.54) is 0 Å². The van der Waals surface area contributed by atoms with Crippen LogP contribution in [0.2, 0.25) is 0 Å².